The van der Waals surface area contributed by atoms with E-state index in [9.17, 15) is 30.3 Å². The Morgan fingerprint density at radius 2 is 1.57 bits per heavy atom. The summed E-state index contributed by atoms with van der Waals surface area (Å²) in [7, 11) is 0. The third kappa shape index (κ3) is 12.0. The first-order valence-electron chi connectivity index (χ1n) is 19.0. The maximum Gasteiger partial charge on any atom is 0.309 e. The summed E-state index contributed by atoms with van der Waals surface area (Å²) in [6, 6.07) is 19.4. The van der Waals surface area contributed by atoms with Gasteiger partial charge in [0, 0.05) is 17.0 Å². The topological polar surface area (TPSA) is 137 Å². The first-order valence-corrected chi connectivity index (χ1v) is 19.0. The average Bonchev–Trinajstić information content (AvgIpc) is 3.71. The van der Waals surface area contributed by atoms with Gasteiger partial charge in [0.1, 0.15) is 0 Å². The highest BCUT2D eigenvalue weighted by atomic mass is 16.4. The third-order valence-electron chi connectivity index (χ3n) is 10.9. The van der Waals surface area contributed by atoms with E-state index >= 15 is 0 Å². The van der Waals surface area contributed by atoms with E-state index in [0.717, 1.165) is 85.9 Å². The number of aliphatic carboxylic acids is 1. The average molecular weight is 675 g/mol. The number of aliphatic hydroxyl groups is 3. The van der Waals surface area contributed by atoms with Crippen LogP contribution in [0.4, 0.5) is 0 Å². The number of unbranched alkanes of at least 4 members (excludes halogenated alkanes) is 7. The quantitative estimate of drug-likeness (QED) is 0.0642. The van der Waals surface area contributed by atoms with E-state index in [-0.39, 0.29) is 24.2 Å². The van der Waals surface area contributed by atoms with Crippen molar-refractivity contribution in [2.24, 2.45) is 11.8 Å². The number of rotatable bonds is 23. The molecule has 0 bridgehead atoms. The van der Waals surface area contributed by atoms with E-state index in [4.69, 9.17) is 0 Å². The second-order valence-electron chi connectivity index (χ2n) is 14.6. The molecule has 270 valence electrons. The van der Waals surface area contributed by atoms with Crippen LogP contribution >= 0.6 is 0 Å². The van der Waals surface area contributed by atoms with E-state index in [1.165, 1.54) is 25.7 Å². The summed E-state index contributed by atoms with van der Waals surface area (Å²) in [5.74, 6) is -1.81. The molecule has 1 aromatic heterocycles. The fourth-order valence-corrected chi connectivity index (χ4v) is 7.84. The normalized spacial score (nSPS) is 19.6. The molecule has 5 unspecified atom stereocenters. The number of carbonyl (C=O) groups is 1. The van der Waals surface area contributed by atoms with Crippen LogP contribution in [0, 0.1) is 11.8 Å². The van der Waals surface area contributed by atoms with E-state index in [0.29, 0.717) is 32.1 Å². The van der Waals surface area contributed by atoms with Crippen LogP contribution in [-0.2, 0) is 17.6 Å². The second kappa shape index (κ2) is 19.9. The zero-order valence-electron chi connectivity index (χ0n) is 29.6. The van der Waals surface area contributed by atoms with Crippen molar-refractivity contribution >= 4 is 5.97 Å². The van der Waals surface area contributed by atoms with Gasteiger partial charge in [0.25, 0.3) is 0 Å². The Balaban J connectivity index is 1.24. The molecule has 0 amide bonds. The van der Waals surface area contributed by atoms with Crippen LogP contribution in [0.2, 0.25) is 0 Å². The Bertz CT molecular complexity index is 1390. The molecular weight excluding hydrogens is 614 g/mol. The lowest BCUT2D eigenvalue weighted by molar-refractivity contribution is -0.269. The minimum atomic E-state index is -1.00. The van der Waals surface area contributed by atoms with Crippen LogP contribution in [0.5, 0.6) is 5.75 Å². The Morgan fingerprint density at radius 3 is 2.27 bits per heavy atom. The molecule has 4 rings (SSSR count). The van der Waals surface area contributed by atoms with Gasteiger partial charge in [-0.05, 0) is 87.0 Å². The molecule has 0 radical (unpaired) electrons. The van der Waals surface area contributed by atoms with Gasteiger partial charge in [-0.25, -0.2) is 0 Å². The molecule has 49 heavy (non-hydrogen) atoms. The lowest BCUT2D eigenvalue weighted by atomic mass is 9.81. The predicted octanol–water partition coefficient (Wildman–Crippen LogP) is 8.32. The van der Waals surface area contributed by atoms with Crippen molar-refractivity contribution in [2.75, 3.05) is 0 Å². The summed E-state index contributed by atoms with van der Waals surface area (Å²) >= 11 is 0. The van der Waals surface area contributed by atoms with Crippen LogP contribution in [0.25, 0.3) is 11.3 Å². The van der Waals surface area contributed by atoms with Gasteiger partial charge in [0.15, 0.2) is 0 Å². The molecule has 3 aromatic rings. The van der Waals surface area contributed by atoms with E-state index < -0.39 is 23.6 Å². The van der Waals surface area contributed by atoms with Crippen LogP contribution < -0.4 is 5.11 Å². The van der Waals surface area contributed by atoms with E-state index in [2.05, 4.69) is 11.9 Å². The smallest absolute Gasteiger partial charge is 0.309 e. The molecule has 5 N–H and O–H groups in total. The second-order valence-corrected chi connectivity index (χ2v) is 14.6. The minimum absolute atomic E-state index is 0.00389. The fourth-order valence-electron chi connectivity index (χ4n) is 7.84. The van der Waals surface area contributed by atoms with Crippen LogP contribution in [0.3, 0.4) is 0 Å². The Morgan fingerprint density at radius 1 is 0.878 bits per heavy atom. The van der Waals surface area contributed by atoms with Gasteiger partial charge < -0.3 is 30.5 Å². The molecule has 7 heteroatoms. The molecule has 5 atom stereocenters. The maximum absolute atomic E-state index is 12.9. The number of aromatic nitrogens is 1. The Hall–Kier alpha value is -3.13. The number of H-pyrrole nitrogens is 1. The molecular formula is C42H60NO6-. The van der Waals surface area contributed by atoms with Gasteiger partial charge in [0.05, 0.1) is 23.7 Å². The van der Waals surface area contributed by atoms with Crippen LogP contribution in [0.15, 0.2) is 60.7 Å². The lowest BCUT2D eigenvalue weighted by Crippen LogP contribution is -2.37. The van der Waals surface area contributed by atoms with E-state index in [1.54, 1.807) is 12.1 Å². The van der Waals surface area contributed by atoms with Crippen molar-refractivity contribution in [3.05, 3.63) is 77.5 Å². The number of hydrogen-bond donors (Lipinski definition) is 5. The highest BCUT2D eigenvalue weighted by Crippen LogP contribution is 2.42. The standard InChI is InChI=1S/C42H61NO6/c1-2-3-4-5-11-19-34(44)20-12-6-7-13-21-36(41(47)48)40(46)26-28-42(49)27-15-18-32(42)30-33-24-25-38(43-33)35-22-14-23-39(45)37(35)29-31-16-9-8-10-17-31/h8-10,14,16-17,22-25,32,34,36,40,43-46,49H,2-7,11-13,15,18-21,26-30H2,1H3,(H,47,48)/p-1. The molecule has 0 aliphatic heterocycles. The number of aromatic amines is 1. The summed E-state index contributed by atoms with van der Waals surface area (Å²) in [5.41, 5.74) is 3.64. The molecule has 7 nitrogen and oxygen atoms in total. The largest absolute Gasteiger partial charge is 0.872 e. The van der Waals surface area contributed by atoms with Gasteiger partial charge in [-0.15, -0.1) is 5.75 Å². The van der Waals surface area contributed by atoms with Gasteiger partial charge in [-0.2, -0.15) is 0 Å². The summed E-state index contributed by atoms with van der Waals surface area (Å²) < 4.78 is 0. The van der Waals surface area contributed by atoms with Gasteiger partial charge >= 0.3 is 5.97 Å². The van der Waals surface area contributed by atoms with Crippen LogP contribution in [0.1, 0.15) is 133 Å². The number of carboxylic acids is 1. The molecule has 1 fully saturated rings. The molecule has 1 aliphatic rings. The van der Waals surface area contributed by atoms with Crippen molar-refractivity contribution in [3.63, 3.8) is 0 Å². The van der Waals surface area contributed by atoms with Gasteiger partial charge in [0.2, 0.25) is 0 Å². The summed E-state index contributed by atoms with van der Waals surface area (Å²) in [4.78, 5) is 15.6. The number of nitrogens with one attached hydrogen (secondary N) is 1. The van der Waals surface area contributed by atoms with Crippen molar-refractivity contribution in [2.45, 2.75) is 147 Å². The van der Waals surface area contributed by atoms with Crippen molar-refractivity contribution in [1.82, 2.24) is 4.98 Å². The van der Waals surface area contributed by atoms with Crippen LogP contribution in [-0.4, -0.2) is 49.2 Å². The van der Waals surface area contributed by atoms with E-state index in [1.807, 2.05) is 48.5 Å². The number of carboxylic acid groups (broad SMARTS) is 1. The molecule has 1 aliphatic carbocycles. The summed E-state index contributed by atoms with van der Waals surface area (Å²) in [5, 5.41) is 55.7. The number of benzene rings is 2. The maximum atomic E-state index is 12.9. The lowest BCUT2D eigenvalue weighted by Gasteiger charge is -2.32. The van der Waals surface area contributed by atoms with Crippen molar-refractivity contribution in [3.8, 4) is 17.0 Å². The van der Waals surface area contributed by atoms with Crippen molar-refractivity contribution in [1.29, 1.82) is 0 Å². The number of hydrogen-bond acceptors (Lipinski definition) is 5. The van der Waals surface area contributed by atoms with Gasteiger partial charge in [-0.3, -0.25) is 4.79 Å². The van der Waals surface area contributed by atoms with Crippen molar-refractivity contribution < 1.29 is 30.3 Å². The Labute approximate surface area is 293 Å². The highest BCUT2D eigenvalue weighted by Gasteiger charge is 2.42. The number of aliphatic hydroxyl groups excluding tert-OH is 2. The molecule has 2 aromatic carbocycles. The molecule has 0 saturated heterocycles. The zero-order valence-corrected chi connectivity index (χ0v) is 29.6. The fraction of sp³-hybridized carbons (Fsp3) is 0.595. The predicted molar refractivity (Wildman–Crippen MR) is 194 cm³/mol. The zero-order chi connectivity index (χ0) is 35.1. The molecule has 1 saturated carbocycles. The highest BCUT2D eigenvalue weighted by molar-refractivity contribution is 5.70. The summed E-state index contributed by atoms with van der Waals surface area (Å²) in [6.07, 6.45) is 14.5. The third-order valence-corrected chi connectivity index (χ3v) is 10.9. The van der Waals surface area contributed by atoms with Gasteiger partial charge in [-0.1, -0.05) is 120 Å². The SMILES string of the molecule is CCCCCCCC(O)CCCCCCC(C(=O)O)C(O)CCC1(O)CCCC1Cc1ccc(-c2cccc([O-])c2Cc2ccccc2)[nH]1. The first kappa shape index (κ1) is 38.7. The summed E-state index contributed by atoms with van der Waals surface area (Å²) in [6.45, 7) is 2.20. The minimum Gasteiger partial charge on any atom is -0.872 e. The first-order chi connectivity index (χ1) is 23.7. The Kier molecular flexibility index (Phi) is 15.7. The molecule has 0 spiro atoms. The monoisotopic (exact) mass is 674 g/mol. The molecule has 1 heterocycles.